The highest BCUT2D eigenvalue weighted by Crippen LogP contribution is 2.29. The summed E-state index contributed by atoms with van der Waals surface area (Å²) in [5, 5.41) is 10.4. The van der Waals surface area contributed by atoms with Crippen molar-refractivity contribution in [2.45, 2.75) is 26.9 Å². The smallest absolute Gasteiger partial charge is 0.137 e. The van der Waals surface area contributed by atoms with Crippen molar-refractivity contribution in [3.05, 3.63) is 68.4 Å². The fraction of sp³-hybridized carbons (Fsp3) is 0.250. The molecule has 0 radical (unpaired) electrons. The Morgan fingerprint density at radius 1 is 1.00 bits per heavy atom. The van der Waals surface area contributed by atoms with Crippen LogP contribution >= 0.6 is 15.9 Å². The molecule has 0 amide bonds. The van der Waals surface area contributed by atoms with Crippen LogP contribution in [0, 0.1) is 26.6 Å². The summed E-state index contributed by atoms with van der Waals surface area (Å²) >= 11 is 3.11. The summed E-state index contributed by atoms with van der Waals surface area (Å²) in [6.45, 7) is 6.01. The summed E-state index contributed by atoms with van der Waals surface area (Å²) in [6.07, 6.45) is -0.804. The van der Waals surface area contributed by atoms with Gasteiger partial charge in [0.25, 0.3) is 0 Å². The van der Waals surface area contributed by atoms with Crippen LogP contribution in [-0.2, 0) is 0 Å². The Morgan fingerprint density at radius 2 is 1.63 bits per heavy atom. The molecule has 0 aromatic heterocycles. The third-order valence-corrected chi connectivity index (χ3v) is 4.08. The van der Waals surface area contributed by atoms with E-state index in [0.717, 1.165) is 16.7 Å². The van der Waals surface area contributed by atoms with Gasteiger partial charge in [-0.15, -0.1) is 0 Å². The van der Waals surface area contributed by atoms with Crippen LogP contribution in [0.3, 0.4) is 0 Å². The predicted octanol–water partition coefficient (Wildman–Crippen LogP) is 4.60. The predicted molar refractivity (Wildman–Crippen MR) is 78.8 cm³/mol. The Morgan fingerprint density at radius 3 is 2.26 bits per heavy atom. The average molecular weight is 323 g/mol. The standard InChI is InChI=1S/C16H16BrFO/c1-9-6-11(3)13(7-10(9)2)16(19)12-4-5-14(17)15(18)8-12/h4-8,16,19H,1-3H3. The van der Waals surface area contributed by atoms with Gasteiger partial charge in [-0.1, -0.05) is 18.2 Å². The maximum absolute atomic E-state index is 13.5. The minimum absolute atomic E-state index is 0.363. The minimum atomic E-state index is -0.804. The van der Waals surface area contributed by atoms with Crippen molar-refractivity contribution in [2.24, 2.45) is 0 Å². The summed E-state index contributed by atoms with van der Waals surface area (Å²) in [5.74, 6) is -0.363. The van der Waals surface area contributed by atoms with Crippen molar-refractivity contribution in [3.8, 4) is 0 Å². The van der Waals surface area contributed by atoms with E-state index in [0.29, 0.717) is 10.0 Å². The van der Waals surface area contributed by atoms with E-state index in [4.69, 9.17) is 0 Å². The maximum Gasteiger partial charge on any atom is 0.137 e. The highest BCUT2D eigenvalue weighted by atomic mass is 79.9. The van der Waals surface area contributed by atoms with Gasteiger partial charge in [-0.3, -0.25) is 0 Å². The second-order valence-electron chi connectivity index (χ2n) is 4.87. The minimum Gasteiger partial charge on any atom is -0.384 e. The molecule has 1 N–H and O–H groups in total. The van der Waals surface area contributed by atoms with E-state index in [-0.39, 0.29) is 5.82 Å². The van der Waals surface area contributed by atoms with E-state index in [1.165, 1.54) is 11.6 Å². The van der Waals surface area contributed by atoms with Gasteiger partial charge < -0.3 is 5.11 Å². The molecule has 0 aliphatic carbocycles. The molecule has 1 unspecified atom stereocenters. The van der Waals surface area contributed by atoms with Gasteiger partial charge in [0.05, 0.1) is 4.47 Å². The molecular weight excluding hydrogens is 307 g/mol. The van der Waals surface area contributed by atoms with Crippen molar-refractivity contribution < 1.29 is 9.50 Å². The number of hydrogen-bond acceptors (Lipinski definition) is 1. The molecule has 0 saturated carbocycles. The first kappa shape index (κ1) is 14.2. The van der Waals surface area contributed by atoms with E-state index in [1.807, 2.05) is 32.9 Å². The zero-order chi connectivity index (χ0) is 14.2. The van der Waals surface area contributed by atoms with Gasteiger partial charge in [0, 0.05) is 0 Å². The number of aliphatic hydroxyl groups excluding tert-OH is 1. The molecule has 1 nitrogen and oxygen atoms in total. The molecule has 2 aromatic carbocycles. The molecule has 100 valence electrons. The SMILES string of the molecule is Cc1cc(C)c(C(O)c2ccc(Br)c(F)c2)cc1C. The number of hydrogen-bond donors (Lipinski definition) is 1. The first-order chi connectivity index (χ1) is 8.90. The van der Waals surface area contributed by atoms with E-state index < -0.39 is 6.10 Å². The number of benzene rings is 2. The molecule has 3 heteroatoms. The second kappa shape index (κ2) is 5.43. The molecule has 0 spiro atoms. The number of halogens is 2. The number of aryl methyl sites for hydroxylation is 3. The molecule has 0 saturated heterocycles. The molecule has 0 fully saturated rings. The fourth-order valence-electron chi connectivity index (χ4n) is 2.14. The van der Waals surface area contributed by atoms with Crippen LogP contribution in [-0.4, -0.2) is 5.11 Å². The highest BCUT2D eigenvalue weighted by molar-refractivity contribution is 9.10. The zero-order valence-electron chi connectivity index (χ0n) is 11.2. The Kier molecular flexibility index (Phi) is 4.07. The van der Waals surface area contributed by atoms with E-state index >= 15 is 0 Å². The Labute approximate surface area is 121 Å². The van der Waals surface area contributed by atoms with Crippen LogP contribution in [0.15, 0.2) is 34.8 Å². The molecule has 1 atom stereocenters. The lowest BCUT2D eigenvalue weighted by atomic mass is 9.93. The van der Waals surface area contributed by atoms with Crippen molar-refractivity contribution in [1.29, 1.82) is 0 Å². The van der Waals surface area contributed by atoms with Crippen molar-refractivity contribution >= 4 is 15.9 Å². The van der Waals surface area contributed by atoms with Gasteiger partial charge in [-0.05, 0) is 76.7 Å². The molecule has 0 heterocycles. The van der Waals surface area contributed by atoms with Gasteiger partial charge in [0.2, 0.25) is 0 Å². The topological polar surface area (TPSA) is 20.2 Å². The average Bonchev–Trinajstić information content (AvgIpc) is 2.36. The van der Waals surface area contributed by atoms with Crippen molar-refractivity contribution in [3.63, 3.8) is 0 Å². The Hall–Kier alpha value is -1.19. The molecule has 2 rings (SSSR count). The van der Waals surface area contributed by atoms with Crippen molar-refractivity contribution in [1.82, 2.24) is 0 Å². The van der Waals surface area contributed by atoms with E-state index in [1.54, 1.807) is 12.1 Å². The van der Waals surface area contributed by atoms with Crippen LogP contribution in [0.1, 0.15) is 33.9 Å². The maximum atomic E-state index is 13.5. The first-order valence-corrected chi connectivity index (χ1v) is 6.90. The summed E-state index contributed by atoms with van der Waals surface area (Å²) in [5.41, 5.74) is 4.71. The summed E-state index contributed by atoms with van der Waals surface area (Å²) in [7, 11) is 0. The van der Waals surface area contributed by atoms with Crippen LogP contribution in [0.4, 0.5) is 4.39 Å². The molecule has 0 aliphatic heterocycles. The lowest BCUT2D eigenvalue weighted by Crippen LogP contribution is -2.04. The highest BCUT2D eigenvalue weighted by Gasteiger charge is 2.15. The molecule has 0 bridgehead atoms. The van der Waals surface area contributed by atoms with Crippen LogP contribution in [0.2, 0.25) is 0 Å². The monoisotopic (exact) mass is 322 g/mol. The fourth-order valence-corrected chi connectivity index (χ4v) is 2.39. The van der Waals surface area contributed by atoms with Crippen LogP contribution < -0.4 is 0 Å². The summed E-state index contributed by atoms with van der Waals surface area (Å²) < 4.78 is 13.9. The zero-order valence-corrected chi connectivity index (χ0v) is 12.8. The summed E-state index contributed by atoms with van der Waals surface area (Å²) in [6, 6.07) is 8.72. The number of rotatable bonds is 2. The van der Waals surface area contributed by atoms with E-state index in [9.17, 15) is 9.50 Å². The molecule has 19 heavy (non-hydrogen) atoms. The van der Waals surface area contributed by atoms with Gasteiger partial charge >= 0.3 is 0 Å². The third kappa shape index (κ3) is 2.88. The third-order valence-electron chi connectivity index (χ3n) is 3.44. The van der Waals surface area contributed by atoms with Crippen LogP contribution in [0.5, 0.6) is 0 Å². The normalized spacial score (nSPS) is 12.5. The second-order valence-corrected chi connectivity index (χ2v) is 5.72. The van der Waals surface area contributed by atoms with Crippen LogP contribution in [0.25, 0.3) is 0 Å². The Bertz CT molecular complexity index is 622. The Balaban J connectivity index is 2.46. The number of aliphatic hydroxyl groups is 1. The lowest BCUT2D eigenvalue weighted by Gasteiger charge is -2.16. The molecule has 2 aromatic rings. The quantitative estimate of drug-likeness (QED) is 0.857. The van der Waals surface area contributed by atoms with Gasteiger partial charge in [0.1, 0.15) is 11.9 Å². The van der Waals surface area contributed by atoms with Gasteiger partial charge in [0.15, 0.2) is 0 Å². The molecular formula is C16H16BrFO. The first-order valence-electron chi connectivity index (χ1n) is 6.11. The van der Waals surface area contributed by atoms with Crippen molar-refractivity contribution in [2.75, 3.05) is 0 Å². The largest absolute Gasteiger partial charge is 0.384 e. The van der Waals surface area contributed by atoms with Gasteiger partial charge in [-0.25, -0.2) is 4.39 Å². The summed E-state index contributed by atoms with van der Waals surface area (Å²) in [4.78, 5) is 0. The lowest BCUT2D eigenvalue weighted by molar-refractivity contribution is 0.219. The van der Waals surface area contributed by atoms with Gasteiger partial charge in [-0.2, -0.15) is 0 Å². The van der Waals surface area contributed by atoms with E-state index in [2.05, 4.69) is 15.9 Å². The molecule has 0 aliphatic rings.